The van der Waals surface area contributed by atoms with Crippen LogP contribution in [0.3, 0.4) is 0 Å². The molecule has 24 heavy (non-hydrogen) atoms. The summed E-state index contributed by atoms with van der Waals surface area (Å²) < 4.78 is 2.15. The van der Waals surface area contributed by atoms with Crippen LogP contribution < -0.4 is 5.56 Å². The molecule has 1 aromatic carbocycles. The van der Waals surface area contributed by atoms with Gasteiger partial charge < -0.3 is 0 Å². The molecule has 0 radical (unpaired) electrons. The molecule has 0 saturated carbocycles. The van der Waals surface area contributed by atoms with E-state index < -0.39 is 4.92 Å². The Morgan fingerprint density at radius 3 is 2.83 bits per heavy atom. The second-order valence-corrected chi connectivity index (χ2v) is 6.22. The summed E-state index contributed by atoms with van der Waals surface area (Å²) in [5.74, 6) is 0. The molecule has 3 rings (SSSR count). The largest absolute Gasteiger partial charge is 0.270 e. The Bertz CT molecular complexity index is 1050. The molecule has 0 aliphatic rings. The SMILES string of the molecule is O=c1cc(/C(Cl)=C/c2cccc([N+](=O)[O-])c2)nc2ccc(Br)cn12. The van der Waals surface area contributed by atoms with Crippen molar-refractivity contribution in [1.82, 2.24) is 9.38 Å². The number of aromatic nitrogens is 2. The summed E-state index contributed by atoms with van der Waals surface area (Å²) in [6.07, 6.45) is 3.15. The van der Waals surface area contributed by atoms with Gasteiger partial charge in [-0.3, -0.25) is 19.3 Å². The summed E-state index contributed by atoms with van der Waals surface area (Å²) >= 11 is 9.54. The number of nitrogens with zero attached hydrogens (tertiary/aromatic N) is 3. The maximum atomic E-state index is 12.2. The van der Waals surface area contributed by atoms with Crippen LogP contribution in [0.5, 0.6) is 0 Å². The molecule has 2 aromatic heterocycles. The van der Waals surface area contributed by atoms with Crippen LogP contribution >= 0.6 is 27.5 Å². The highest BCUT2D eigenvalue weighted by atomic mass is 79.9. The molecule has 2 heterocycles. The van der Waals surface area contributed by atoms with Gasteiger partial charge in [0.15, 0.2) is 0 Å². The Morgan fingerprint density at radius 2 is 2.08 bits per heavy atom. The number of fused-ring (bicyclic) bond motifs is 1. The molecule has 0 bridgehead atoms. The van der Waals surface area contributed by atoms with Gasteiger partial charge in [-0.15, -0.1) is 0 Å². The lowest BCUT2D eigenvalue weighted by Gasteiger charge is -2.04. The molecule has 6 nitrogen and oxygen atoms in total. The van der Waals surface area contributed by atoms with Crippen molar-refractivity contribution < 1.29 is 4.92 Å². The maximum absolute atomic E-state index is 12.2. The smallest absolute Gasteiger partial charge is 0.269 e. The first-order chi connectivity index (χ1) is 11.4. The van der Waals surface area contributed by atoms with E-state index >= 15 is 0 Å². The summed E-state index contributed by atoms with van der Waals surface area (Å²) in [7, 11) is 0. The molecule has 120 valence electrons. The van der Waals surface area contributed by atoms with Gasteiger partial charge in [0.25, 0.3) is 11.2 Å². The average molecular weight is 407 g/mol. The summed E-state index contributed by atoms with van der Waals surface area (Å²) in [6, 6.07) is 10.8. The molecule has 0 saturated heterocycles. The number of nitro groups is 1. The minimum absolute atomic E-state index is 0.0374. The third-order valence-corrected chi connectivity index (χ3v) is 4.01. The van der Waals surface area contributed by atoms with Crippen LogP contribution in [0.15, 0.2) is 57.9 Å². The summed E-state index contributed by atoms with van der Waals surface area (Å²) in [4.78, 5) is 26.9. The van der Waals surface area contributed by atoms with Crippen molar-refractivity contribution in [3.8, 4) is 0 Å². The quantitative estimate of drug-likeness (QED) is 0.484. The van der Waals surface area contributed by atoms with Gasteiger partial charge in [-0.1, -0.05) is 23.7 Å². The molecule has 3 aromatic rings. The molecule has 0 spiro atoms. The van der Waals surface area contributed by atoms with E-state index in [9.17, 15) is 14.9 Å². The van der Waals surface area contributed by atoms with Gasteiger partial charge in [-0.05, 0) is 39.7 Å². The lowest BCUT2D eigenvalue weighted by molar-refractivity contribution is -0.384. The van der Waals surface area contributed by atoms with E-state index in [1.165, 1.54) is 28.7 Å². The van der Waals surface area contributed by atoms with Crippen LogP contribution in [-0.4, -0.2) is 14.3 Å². The summed E-state index contributed by atoms with van der Waals surface area (Å²) in [5.41, 5.74) is 0.986. The standard InChI is InChI=1S/C16H9BrClN3O3/c17-11-4-5-15-19-14(8-16(22)20(15)9-11)13(18)7-10-2-1-3-12(6-10)21(23)24/h1-9H/b13-7-. The van der Waals surface area contributed by atoms with Crippen LogP contribution in [0.4, 0.5) is 5.69 Å². The second-order valence-electron chi connectivity index (χ2n) is 4.90. The van der Waals surface area contributed by atoms with Crippen molar-refractivity contribution >= 4 is 50.0 Å². The predicted molar refractivity (Wildman–Crippen MR) is 96.0 cm³/mol. The Labute approximate surface area is 149 Å². The number of pyridine rings is 1. The van der Waals surface area contributed by atoms with Crippen molar-refractivity contribution in [1.29, 1.82) is 0 Å². The number of hydrogen-bond acceptors (Lipinski definition) is 4. The highest BCUT2D eigenvalue weighted by Crippen LogP contribution is 2.22. The highest BCUT2D eigenvalue weighted by Gasteiger charge is 2.08. The van der Waals surface area contributed by atoms with Crippen molar-refractivity contribution in [3.05, 3.63) is 84.9 Å². The Hall–Kier alpha value is -2.51. The highest BCUT2D eigenvalue weighted by molar-refractivity contribution is 9.10. The van der Waals surface area contributed by atoms with Crippen LogP contribution in [0.1, 0.15) is 11.3 Å². The predicted octanol–water partition coefficient (Wildman–Crippen LogP) is 4.10. The molecule has 0 atom stereocenters. The zero-order chi connectivity index (χ0) is 17.3. The molecule has 0 fully saturated rings. The molecule has 0 aliphatic carbocycles. The van der Waals surface area contributed by atoms with E-state index in [2.05, 4.69) is 20.9 Å². The van der Waals surface area contributed by atoms with Crippen LogP contribution in [0.2, 0.25) is 0 Å². The number of halogens is 2. The molecule has 0 unspecified atom stereocenters. The van der Waals surface area contributed by atoms with Crippen LogP contribution in [0.25, 0.3) is 16.8 Å². The van der Waals surface area contributed by atoms with E-state index in [1.807, 2.05) is 0 Å². The minimum atomic E-state index is -0.482. The van der Waals surface area contributed by atoms with Gasteiger partial charge in [-0.2, -0.15) is 0 Å². The van der Waals surface area contributed by atoms with Gasteiger partial charge in [0.05, 0.1) is 15.6 Å². The molecular weight excluding hydrogens is 398 g/mol. The fourth-order valence-electron chi connectivity index (χ4n) is 2.15. The Kier molecular flexibility index (Phi) is 4.46. The summed E-state index contributed by atoms with van der Waals surface area (Å²) in [5, 5.41) is 11.0. The van der Waals surface area contributed by atoms with E-state index in [0.717, 1.165) is 4.47 Å². The first-order valence-electron chi connectivity index (χ1n) is 6.75. The zero-order valence-corrected chi connectivity index (χ0v) is 14.4. The summed E-state index contributed by atoms with van der Waals surface area (Å²) in [6.45, 7) is 0. The minimum Gasteiger partial charge on any atom is -0.269 e. The number of hydrogen-bond donors (Lipinski definition) is 0. The normalized spacial score (nSPS) is 11.7. The number of rotatable bonds is 3. The van der Waals surface area contributed by atoms with Crippen molar-refractivity contribution in [2.24, 2.45) is 0 Å². The molecule has 0 aliphatic heterocycles. The first-order valence-corrected chi connectivity index (χ1v) is 7.92. The third kappa shape index (κ3) is 3.37. The zero-order valence-electron chi connectivity index (χ0n) is 12.0. The van der Waals surface area contributed by atoms with E-state index in [-0.39, 0.29) is 16.3 Å². The fraction of sp³-hybridized carbons (Fsp3) is 0. The van der Waals surface area contributed by atoms with Gasteiger partial charge in [0.2, 0.25) is 0 Å². The van der Waals surface area contributed by atoms with Gasteiger partial charge in [0, 0.05) is 28.9 Å². The lowest BCUT2D eigenvalue weighted by Crippen LogP contribution is -2.14. The van der Waals surface area contributed by atoms with Crippen LogP contribution in [0, 0.1) is 10.1 Å². The Morgan fingerprint density at radius 1 is 1.29 bits per heavy atom. The Balaban J connectivity index is 2.06. The topological polar surface area (TPSA) is 77.5 Å². The fourth-order valence-corrected chi connectivity index (χ4v) is 2.71. The molecular formula is C16H9BrClN3O3. The average Bonchev–Trinajstić information content (AvgIpc) is 2.55. The molecule has 0 amide bonds. The van der Waals surface area contributed by atoms with E-state index in [1.54, 1.807) is 30.5 Å². The van der Waals surface area contributed by atoms with Crippen molar-refractivity contribution in [3.63, 3.8) is 0 Å². The lowest BCUT2D eigenvalue weighted by atomic mass is 10.1. The van der Waals surface area contributed by atoms with Gasteiger partial charge >= 0.3 is 0 Å². The number of nitro benzene ring substituents is 1. The molecule has 8 heteroatoms. The number of non-ortho nitro benzene ring substituents is 1. The monoisotopic (exact) mass is 405 g/mol. The van der Waals surface area contributed by atoms with Crippen LogP contribution in [-0.2, 0) is 0 Å². The van der Waals surface area contributed by atoms with E-state index in [0.29, 0.717) is 16.9 Å². The van der Waals surface area contributed by atoms with Crippen molar-refractivity contribution in [2.75, 3.05) is 0 Å². The maximum Gasteiger partial charge on any atom is 0.270 e. The van der Waals surface area contributed by atoms with Gasteiger partial charge in [0.1, 0.15) is 5.65 Å². The van der Waals surface area contributed by atoms with E-state index in [4.69, 9.17) is 11.6 Å². The van der Waals surface area contributed by atoms with Gasteiger partial charge in [-0.25, -0.2) is 4.98 Å². The molecule has 0 N–H and O–H groups in total. The first kappa shape index (κ1) is 16.4. The third-order valence-electron chi connectivity index (χ3n) is 3.24. The van der Waals surface area contributed by atoms with Crippen molar-refractivity contribution in [2.45, 2.75) is 0 Å². The second kappa shape index (κ2) is 6.54. The number of benzene rings is 1.